The highest BCUT2D eigenvalue weighted by atomic mass is 79.9. The van der Waals surface area contributed by atoms with Gasteiger partial charge in [-0.2, -0.15) is 0 Å². The summed E-state index contributed by atoms with van der Waals surface area (Å²) < 4.78 is 0.896. The first-order valence-corrected chi connectivity index (χ1v) is 11.2. The van der Waals surface area contributed by atoms with Crippen LogP contribution in [-0.2, 0) is 5.41 Å². The molecule has 2 N–H and O–H groups in total. The second-order valence-electron chi connectivity index (χ2n) is 8.14. The first kappa shape index (κ1) is 21.5. The van der Waals surface area contributed by atoms with E-state index < -0.39 is 0 Å². The Morgan fingerprint density at radius 3 is 2.30 bits per heavy atom. The lowest BCUT2D eigenvalue weighted by Crippen LogP contribution is -2.17. The summed E-state index contributed by atoms with van der Waals surface area (Å²) in [4.78, 5) is 20.4. The van der Waals surface area contributed by atoms with Crippen LogP contribution in [0.15, 0.2) is 47.2 Å². The molecule has 3 nitrogen and oxygen atoms in total. The number of fused-ring (bicyclic) bond motifs is 1. The topological polar surface area (TPSA) is 48.6 Å². The first-order chi connectivity index (χ1) is 14.1. The van der Waals surface area contributed by atoms with Crippen molar-refractivity contribution >= 4 is 67.4 Å². The number of hydrogen-bond donors (Lipinski definition) is 2. The van der Waals surface area contributed by atoms with E-state index in [0.717, 1.165) is 21.1 Å². The molecule has 0 saturated heterocycles. The fourth-order valence-electron chi connectivity index (χ4n) is 3.69. The normalized spacial score (nSPS) is 12.0. The Hall–Kier alpha value is -1.72. The largest absolute Gasteiger partial charge is 0.363 e. The third-order valence-electron chi connectivity index (χ3n) is 5.04. The lowest BCUT2D eigenvalue weighted by atomic mass is 9.85. The molecule has 4 aromatic rings. The number of aromatic amines is 2. The summed E-state index contributed by atoms with van der Waals surface area (Å²) in [6.45, 7) is 6.16. The average Bonchev–Trinajstić information content (AvgIpc) is 3.25. The molecule has 0 amide bonds. The molecule has 0 aliphatic heterocycles. The maximum Gasteiger partial charge on any atom is 0.197 e. The number of hydrogen-bond acceptors (Lipinski definition) is 1. The minimum atomic E-state index is -0.304. The number of H-pyrrole nitrogens is 2. The fourth-order valence-corrected chi connectivity index (χ4v) is 5.19. The molecule has 4 rings (SSSR count). The zero-order chi connectivity index (χ0) is 21.8. The van der Waals surface area contributed by atoms with Gasteiger partial charge in [0.25, 0.3) is 0 Å². The summed E-state index contributed by atoms with van der Waals surface area (Å²) in [7, 11) is 0. The van der Waals surface area contributed by atoms with Crippen LogP contribution in [0.25, 0.3) is 22.0 Å². The molecule has 0 radical (unpaired) electrons. The first-order valence-electron chi connectivity index (χ1n) is 9.26. The van der Waals surface area contributed by atoms with Crippen LogP contribution in [0.3, 0.4) is 0 Å². The van der Waals surface area contributed by atoms with E-state index in [1.54, 1.807) is 24.5 Å². The minimum absolute atomic E-state index is 0.109. The number of carbonyl (C=O) groups is 1. The zero-order valence-electron chi connectivity index (χ0n) is 16.5. The van der Waals surface area contributed by atoms with Crippen LogP contribution in [-0.4, -0.2) is 15.8 Å². The van der Waals surface area contributed by atoms with Crippen molar-refractivity contribution in [3.8, 4) is 11.1 Å². The van der Waals surface area contributed by atoms with Gasteiger partial charge in [-0.25, -0.2) is 0 Å². The molecular formula is C23H18BrCl3N2O. The average molecular weight is 525 g/mol. The van der Waals surface area contributed by atoms with Crippen molar-refractivity contribution in [2.75, 3.05) is 0 Å². The Kier molecular flexibility index (Phi) is 5.56. The highest BCUT2D eigenvalue weighted by Crippen LogP contribution is 2.42. The summed E-state index contributed by atoms with van der Waals surface area (Å²) in [6.07, 6.45) is 3.53. The number of nitrogens with one attached hydrogen (secondary N) is 2. The molecule has 2 aromatic heterocycles. The van der Waals surface area contributed by atoms with E-state index >= 15 is 0 Å². The summed E-state index contributed by atoms with van der Waals surface area (Å²) >= 11 is 22.6. The van der Waals surface area contributed by atoms with E-state index in [-0.39, 0.29) is 11.2 Å². The van der Waals surface area contributed by atoms with Gasteiger partial charge in [0.1, 0.15) is 0 Å². The van der Waals surface area contributed by atoms with Gasteiger partial charge < -0.3 is 9.97 Å². The van der Waals surface area contributed by atoms with E-state index in [0.29, 0.717) is 37.3 Å². The molecule has 154 valence electrons. The Morgan fingerprint density at radius 1 is 1.00 bits per heavy atom. The molecule has 2 aromatic carbocycles. The van der Waals surface area contributed by atoms with Crippen molar-refractivity contribution in [3.05, 3.63) is 79.1 Å². The Labute approximate surface area is 197 Å². The molecule has 2 heterocycles. The summed E-state index contributed by atoms with van der Waals surface area (Å²) in [6, 6.07) is 9.03. The Balaban J connectivity index is 2.00. The van der Waals surface area contributed by atoms with Crippen LogP contribution in [0, 0.1) is 0 Å². The zero-order valence-corrected chi connectivity index (χ0v) is 20.3. The molecule has 0 fully saturated rings. The quantitative estimate of drug-likeness (QED) is 0.260. The predicted molar refractivity (Wildman–Crippen MR) is 129 cm³/mol. The van der Waals surface area contributed by atoms with Gasteiger partial charge in [0.15, 0.2) is 5.78 Å². The van der Waals surface area contributed by atoms with Crippen molar-refractivity contribution in [2.24, 2.45) is 0 Å². The van der Waals surface area contributed by atoms with Gasteiger partial charge in [0, 0.05) is 55.1 Å². The van der Waals surface area contributed by atoms with Gasteiger partial charge in [-0.15, -0.1) is 0 Å². The monoisotopic (exact) mass is 522 g/mol. The Morgan fingerprint density at radius 2 is 1.67 bits per heavy atom. The van der Waals surface area contributed by atoms with E-state index in [1.807, 2.05) is 18.2 Å². The molecule has 0 unspecified atom stereocenters. The summed E-state index contributed by atoms with van der Waals surface area (Å²) in [5.74, 6) is -0.109. The van der Waals surface area contributed by atoms with Gasteiger partial charge in [-0.05, 0) is 34.1 Å². The van der Waals surface area contributed by atoms with Crippen LogP contribution in [0.5, 0.6) is 0 Å². The molecular weight excluding hydrogens is 507 g/mol. The number of ketones is 1. The maximum atomic E-state index is 13.9. The Bertz CT molecular complexity index is 1270. The second-order valence-corrected chi connectivity index (χ2v) is 10.2. The van der Waals surface area contributed by atoms with Crippen molar-refractivity contribution in [1.82, 2.24) is 9.97 Å². The summed E-state index contributed by atoms with van der Waals surface area (Å²) in [5.41, 5.74) is 3.75. The van der Waals surface area contributed by atoms with Crippen LogP contribution in [0.4, 0.5) is 0 Å². The molecule has 0 atom stereocenters. The van der Waals surface area contributed by atoms with Crippen LogP contribution in [0.1, 0.15) is 42.4 Å². The van der Waals surface area contributed by atoms with E-state index in [1.165, 1.54) is 0 Å². The van der Waals surface area contributed by atoms with Crippen molar-refractivity contribution in [2.45, 2.75) is 26.2 Å². The van der Waals surface area contributed by atoms with E-state index in [9.17, 15) is 4.79 Å². The van der Waals surface area contributed by atoms with Gasteiger partial charge in [0.05, 0.1) is 21.1 Å². The molecule has 30 heavy (non-hydrogen) atoms. The molecule has 0 spiro atoms. The smallest absolute Gasteiger partial charge is 0.197 e. The van der Waals surface area contributed by atoms with Crippen LogP contribution >= 0.6 is 50.7 Å². The molecule has 7 heteroatoms. The molecule has 0 saturated carbocycles. The molecule has 0 aliphatic carbocycles. The third-order valence-corrected chi connectivity index (χ3v) is 6.52. The van der Waals surface area contributed by atoms with Gasteiger partial charge in [-0.1, -0.05) is 67.7 Å². The van der Waals surface area contributed by atoms with Crippen molar-refractivity contribution in [1.29, 1.82) is 0 Å². The van der Waals surface area contributed by atoms with E-state index in [4.69, 9.17) is 34.8 Å². The van der Waals surface area contributed by atoms with Crippen molar-refractivity contribution in [3.63, 3.8) is 0 Å². The fraction of sp³-hybridized carbons (Fsp3) is 0.174. The second kappa shape index (κ2) is 7.76. The van der Waals surface area contributed by atoms with Crippen LogP contribution in [0.2, 0.25) is 15.1 Å². The van der Waals surface area contributed by atoms with Gasteiger partial charge in [-0.3, -0.25) is 4.79 Å². The molecule has 0 bridgehead atoms. The third kappa shape index (κ3) is 3.60. The number of aromatic nitrogens is 2. The highest BCUT2D eigenvalue weighted by Gasteiger charge is 2.30. The van der Waals surface area contributed by atoms with Crippen LogP contribution < -0.4 is 0 Å². The van der Waals surface area contributed by atoms with Crippen molar-refractivity contribution < 1.29 is 4.79 Å². The SMILES string of the molecule is CC(C)(C)c1[nH]cc(-c2c(Cl)cc(Cl)cc2Cl)c1C(=O)c1c[nH]c2c(Br)cccc12. The number of rotatable bonds is 3. The maximum absolute atomic E-state index is 13.9. The lowest BCUT2D eigenvalue weighted by Gasteiger charge is -2.20. The minimum Gasteiger partial charge on any atom is -0.363 e. The van der Waals surface area contributed by atoms with Gasteiger partial charge >= 0.3 is 0 Å². The molecule has 0 aliphatic rings. The predicted octanol–water partition coefficient (Wildman–Crippen LogP) is 8.41. The number of carbonyl (C=O) groups excluding carboxylic acids is 1. The van der Waals surface area contributed by atoms with E-state index in [2.05, 4.69) is 46.7 Å². The highest BCUT2D eigenvalue weighted by molar-refractivity contribution is 9.10. The van der Waals surface area contributed by atoms with Gasteiger partial charge in [0.2, 0.25) is 0 Å². The number of para-hydroxylation sites is 1. The number of halogens is 4. The summed E-state index contributed by atoms with van der Waals surface area (Å²) in [5, 5.41) is 2.06. The standard InChI is InChI=1S/C23H18BrCl3N2O/c1-23(2,3)22-19(14(10-29-22)18-16(26)7-11(25)8-17(18)27)21(30)13-9-28-20-12(13)5-4-6-15(20)24/h4-10,28-29H,1-3H3. The lowest BCUT2D eigenvalue weighted by molar-refractivity contribution is 0.103. The number of benzene rings is 2.